The van der Waals surface area contributed by atoms with Crippen molar-refractivity contribution in [1.29, 1.82) is 0 Å². The van der Waals surface area contributed by atoms with Crippen molar-refractivity contribution in [2.75, 3.05) is 7.11 Å². The molecular weight excluding hydrogens is 228 g/mol. The second-order valence-corrected chi connectivity index (χ2v) is 4.16. The number of halogens is 1. The molecular formula is C12H13ClO3. The van der Waals surface area contributed by atoms with E-state index in [1.807, 2.05) is 30.3 Å². The lowest BCUT2D eigenvalue weighted by Gasteiger charge is -2.20. The Kier molecular flexibility index (Phi) is 4.07. The Labute approximate surface area is 99.4 Å². The van der Waals surface area contributed by atoms with Crippen LogP contribution in [0, 0.1) is 0 Å². The third-order valence-corrected chi connectivity index (χ3v) is 2.91. The molecule has 1 atom stereocenters. The summed E-state index contributed by atoms with van der Waals surface area (Å²) < 4.78 is 4.56. The van der Waals surface area contributed by atoms with Crippen LogP contribution in [0.2, 0.25) is 0 Å². The monoisotopic (exact) mass is 240 g/mol. The number of carbonyl (C=O) groups excluding carboxylic acids is 2. The zero-order chi connectivity index (χ0) is 12.2. The number of Topliss-reactive ketones (excluding diaryl/α,β-unsaturated/α-hetero) is 1. The predicted molar refractivity (Wildman–Crippen MR) is 61.4 cm³/mol. The Morgan fingerprint density at radius 1 is 1.31 bits per heavy atom. The SMILES string of the molecule is COC(=O)C(Cl)(Cc1ccccc1)C(C)=O. The molecule has 4 heteroatoms. The van der Waals surface area contributed by atoms with Crippen molar-refractivity contribution in [2.24, 2.45) is 0 Å². The molecule has 1 rings (SSSR count). The molecule has 0 heterocycles. The van der Waals surface area contributed by atoms with Gasteiger partial charge in [0.15, 0.2) is 5.78 Å². The first-order valence-corrected chi connectivity index (χ1v) is 5.21. The second kappa shape index (κ2) is 5.12. The number of carbonyl (C=O) groups is 2. The molecule has 0 saturated heterocycles. The highest BCUT2D eigenvalue weighted by atomic mass is 35.5. The molecule has 3 nitrogen and oxygen atoms in total. The molecule has 0 aliphatic carbocycles. The van der Waals surface area contributed by atoms with Crippen LogP contribution in [-0.2, 0) is 20.7 Å². The fourth-order valence-corrected chi connectivity index (χ4v) is 1.61. The number of ether oxygens (including phenoxy) is 1. The van der Waals surface area contributed by atoms with Crippen LogP contribution in [0.25, 0.3) is 0 Å². The normalized spacial score (nSPS) is 13.9. The summed E-state index contributed by atoms with van der Waals surface area (Å²) in [4.78, 5) is 21.3. The first-order valence-electron chi connectivity index (χ1n) is 4.83. The lowest BCUT2D eigenvalue weighted by molar-refractivity contribution is -0.147. The maximum atomic E-state index is 11.5. The van der Waals surface area contributed by atoms with Gasteiger partial charge in [0.2, 0.25) is 4.87 Å². The van der Waals surface area contributed by atoms with E-state index < -0.39 is 16.6 Å². The maximum absolute atomic E-state index is 11.5. The molecule has 1 unspecified atom stereocenters. The van der Waals surface area contributed by atoms with E-state index in [0.717, 1.165) is 5.56 Å². The number of alkyl halides is 1. The van der Waals surface area contributed by atoms with Crippen molar-refractivity contribution in [1.82, 2.24) is 0 Å². The van der Waals surface area contributed by atoms with Gasteiger partial charge in [-0.3, -0.25) is 4.79 Å². The van der Waals surface area contributed by atoms with Crippen molar-refractivity contribution in [3.8, 4) is 0 Å². The molecule has 0 spiro atoms. The quantitative estimate of drug-likeness (QED) is 0.459. The Balaban J connectivity index is 2.97. The Morgan fingerprint density at radius 3 is 2.31 bits per heavy atom. The van der Waals surface area contributed by atoms with Crippen molar-refractivity contribution in [3.63, 3.8) is 0 Å². The van der Waals surface area contributed by atoms with Crippen molar-refractivity contribution in [3.05, 3.63) is 35.9 Å². The van der Waals surface area contributed by atoms with Crippen LogP contribution >= 0.6 is 11.6 Å². The van der Waals surface area contributed by atoms with Crippen molar-refractivity contribution < 1.29 is 14.3 Å². The third-order valence-electron chi connectivity index (χ3n) is 2.36. The van der Waals surface area contributed by atoms with Crippen LogP contribution in [0.1, 0.15) is 12.5 Å². The number of benzene rings is 1. The van der Waals surface area contributed by atoms with E-state index in [4.69, 9.17) is 11.6 Å². The summed E-state index contributed by atoms with van der Waals surface area (Å²) in [7, 11) is 1.22. The van der Waals surface area contributed by atoms with Gasteiger partial charge in [-0.15, -0.1) is 0 Å². The Bertz CT molecular complexity index is 389. The maximum Gasteiger partial charge on any atom is 0.334 e. The smallest absolute Gasteiger partial charge is 0.334 e. The number of rotatable bonds is 4. The van der Waals surface area contributed by atoms with E-state index in [9.17, 15) is 9.59 Å². The molecule has 0 aliphatic heterocycles. The number of ketones is 1. The zero-order valence-corrected chi connectivity index (χ0v) is 9.95. The van der Waals surface area contributed by atoms with E-state index in [2.05, 4.69) is 4.74 Å². The zero-order valence-electron chi connectivity index (χ0n) is 9.20. The standard InChI is InChI=1S/C12H13ClO3/c1-9(14)12(13,11(15)16-2)8-10-6-4-3-5-7-10/h3-7H,8H2,1-2H3. The van der Waals surface area contributed by atoms with Gasteiger partial charge in [0, 0.05) is 6.42 Å². The lowest BCUT2D eigenvalue weighted by atomic mass is 9.95. The molecule has 1 aromatic rings. The highest BCUT2D eigenvalue weighted by molar-refractivity contribution is 6.45. The minimum absolute atomic E-state index is 0.136. The van der Waals surface area contributed by atoms with E-state index in [0.29, 0.717) is 0 Å². The lowest BCUT2D eigenvalue weighted by Crippen LogP contribution is -2.42. The topological polar surface area (TPSA) is 43.4 Å². The fourth-order valence-electron chi connectivity index (χ4n) is 1.38. The van der Waals surface area contributed by atoms with Crippen LogP contribution in [0.5, 0.6) is 0 Å². The van der Waals surface area contributed by atoms with E-state index in [1.165, 1.54) is 14.0 Å². The van der Waals surface area contributed by atoms with Gasteiger partial charge in [-0.1, -0.05) is 41.9 Å². The summed E-state index contributed by atoms with van der Waals surface area (Å²) >= 11 is 6.04. The fraction of sp³-hybridized carbons (Fsp3) is 0.333. The van der Waals surface area contributed by atoms with Crippen LogP contribution in [0.3, 0.4) is 0 Å². The summed E-state index contributed by atoms with van der Waals surface area (Å²) in [5, 5.41) is 0. The number of esters is 1. The minimum atomic E-state index is -1.61. The first-order chi connectivity index (χ1) is 7.50. The number of hydrogen-bond acceptors (Lipinski definition) is 3. The first kappa shape index (κ1) is 12.7. The van der Waals surface area contributed by atoms with Gasteiger partial charge in [0.25, 0.3) is 0 Å². The van der Waals surface area contributed by atoms with Crippen LogP contribution in [0.15, 0.2) is 30.3 Å². The average molecular weight is 241 g/mol. The predicted octanol–water partition coefficient (Wildman–Crippen LogP) is 1.97. The second-order valence-electron chi connectivity index (χ2n) is 3.51. The molecule has 0 radical (unpaired) electrons. The number of hydrogen-bond donors (Lipinski definition) is 0. The summed E-state index contributed by atoms with van der Waals surface area (Å²) in [6, 6.07) is 9.12. The molecule has 0 amide bonds. The number of methoxy groups -OCH3 is 1. The molecule has 16 heavy (non-hydrogen) atoms. The molecule has 0 N–H and O–H groups in total. The van der Waals surface area contributed by atoms with Crippen molar-refractivity contribution >= 4 is 23.4 Å². The molecule has 86 valence electrons. The Morgan fingerprint density at radius 2 is 1.88 bits per heavy atom. The van der Waals surface area contributed by atoms with Gasteiger partial charge in [-0.2, -0.15) is 0 Å². The molecule has 0 saturated carbocycles. The summed E-state index contributed by atoms with van der Waals surface area (Å²) in [5.74, 6) is -1.13. The van der Waals surface area contributed by atoms with Gasteiger partial charge in [-0.05, 0) is 12.5 Å². The van der Waals surface area contributed by atoms with Crippen molar-refractivity contribution in [2.45, 2.75) is 18.2 Å². The molecule has 1 aromatic carbocycles. The van der Waals surface area contributed by atoms with Gasteiger partial charge in [0.05, 0.1) is 7.11 Å². The van der Waals surface area contributed by atoms with E-state index >= 15 is 0 Å². The molecule has 0 aromatic heterocycles. The summed E-state index contributed by atoms with van der Waals surface area (Å²) in [5.41, 5.74) is 0.818. The third kappa shape index (κ3) is 2.61. The minimum Gasteiger partial charge on any atom is -0.467 e. The van der Waals surface area contributed by atoms with E-state index in [-0.39, 0.29) is 6.42 Å². The summed E-state index contributed by atoms with van der Waals surface area (Å²) in [6.45, 7) is 1.28. The van der Waals surface area contributed by atoms with Crippen LogP contribution in [0.4, 0.5) is 0 Å². The highest BCUT2D eigenvalue weighted by Gasteiger charge is 2.42. The van der Waals surface area contributed by atoms with Crippen LogP contribution < -0.4 is 0 Å². The van der Waals surface area contributed by atoms with E-state index in [1.54, 1.807) is 0 Å². The highest BCUT2D eigenvalue weighted by Crippen LogP contribution is 2.24. The van der Waals surface area contributed by atoms with Gasteiger partial charge in [0.1, 0.15) is 0 Å². The molecule has 0 aliphatic rings. The summed E-state index contributed by atoms with van der Waals surface area (Å²) in [6.07, 6.45) is 0.136. The average Bonchev–Trinajstić information content (AvgIpc) is 2.28. The van der Waals surface area contributed by atoms with Gasteiger partial charge in [-0.25, -0.2) is 4.79 Å². The molecule has 0 fully saturated rings. The largest absolute Gasteiger partial charge is 0.467 e. The van der Waals surface area contributed by atoms with Gasteiger partial charge >= 0.3 is 5.97 Å². The molecule has 0 bridgehead atoms. The van der Waals surface area contributed by atoms with Crippen LogP contribution in [-0.4, -0.2) is 23.7 Å². The Hall–Kier alpha value is -1.35. The van der Waals surface area contributed by atoms with Gasteiger partial charge < -0.3 is 4.74 Å².